The minimum absolute atomic E-state index is 0.811. The van der Waals surface area contributed by atoms with Crippen LogP contribution < -0.4 is 0 Å². The van der Waals surface area contributed by atoms with E-state index in [4.69, 9.17) is 0 Å². The fraction of sp³-hybridized carbons (Fsp3) is 0.444. The summed E-state index contributed by atoms with van der Waals surface area (Å²) in [7, 11) is 0. The Morgan fingerprint density at radius 1 is 1.55 bits per heavy atom. The SMILES string of the molecule is Cc1nccc(C2CC2)c1Br. The Bertz CT molecular complexity index is 279. The van der Waals surface area contributed by atoms with Crippen molar-refractivity contribution in [1.29, 1.82) is 0 Å². The second-order valence-corrected chi connectivity index (χ2v) is 3.87. The van der Waals surface area contributed by atoms with Gasteiger partial charge in [0.15, 0.2) is 0 Å². The van der Waals surface area contributed by atoms with Crippen LogP contribution in [0.5, 0.6) is 0 Å². The summed E-state index contributed by atoms with van der Waals surface area (Å²) in [6.45, 7) is 2.04. The lowest BCUT2D eigenvalue weighted by Gasteiger charge is -2.02. The predicted octanol–water partition coefficient (Wildman–Crippen LogP) is 3.03. The third-order valence-corrected chi connectivity index (χ3v) is 3.14. The van der Waals surface area contributed by atoms with Gasteiger partial charge in [-0.1, -0.05) is 0 Å². The summed E-state index contributed by atoms with van der Waals surface area (Å²) < 4.78 is 1.21. The van der Waals surface area contributed by atoms with Gasteiger partial charge in [-0.25, -0.2) is 0 Å². The van der Waals surface area contributed by atoms with E-state index >= 15 is 0 Å². The standard InChI is InChI=1S/C9H10BrN/c1-6-9(10)8(4-5-11-6)7-2-3-7/h4-5,7H,2-3H2,1H3. The lowest BCUT2D eigenvalue weighted by atomic mass is 10.1. The van der Waals surface area contributed by atoms with Gasteiger partial charge in [0.25, 0.3) is 0 Å². The minimum atomic E-state index is 0.811. The van der Waals surface area contributed by atoms with E-state index in [0.717, 1.165) is 11.6 Å². The molecule has 0 saturated heterocycles. The first-order valence-electron chi connectivity index (χ1n) is 3.90. The molecule has 0 bridgehead atoms. The third-order valence-electron chi connectivity index (χ3n) is 2.11. The molecule has 0 aliphatic heterocycles. The Kier molecular flexibility index (Phi) is 1.72. The van der Waals surface area contributed by atoms with E-state index in [-0.39, 0.29) is 0 Å². The lowest BCUT2D eigenvalue weighted by molar-refractivity contribution is 1.06. The number of rotatable bonds is 1. The van der Waals surface area contributed by atoms with E-state index in [1.807, 2.05) is 13.1 Å². The highest BCUT2D eigenvalue weighted by molar-refractivity contribution is 9.10. The molecular weight excluding hydrogens is 202 g/mol. The van der Waals surface area contributed by atoms with Gasteiger partial charge in [0, 0.05) is 10.7 Å². The first-order chi connectivity index (χ1) is 5.29. The molecule has 1 aromatic heterocycles. The smallest absolute Gasteiger partial charge is 0.0517 e. The molecule has 1 saturated carbocycles. The average Bonchev–Trinajstić information content (AvgIpc) is 2.77. The molecule has 58 valence electrons. The van der Waals surface area contributed by atoms with Gasteiger partial charge in [-0.2, -0.15) is 0 Å². The number of nitrogens with zero attached hydrogens (tertiary/aromatic N) is 1. The normalized spacial score (nSPS) is 16.9. The molecular formula is C9H10BrN. The summed E-state index contributed by atoms with van der Waals surface area (Å²) in [4.78, 5) is 4.20. The summed E-state index contributed by atoms with van der Waals surface area (Å²) in [6.07, 6.45) is 4.60. The Morgan fingerprint density at radius 2 is 2.27 bits per heavy atom. The zero-order chi connectivity index (χ0) is 7.84. The molecule has 2 heteroatoms. The second-order valence-electron chi connectivity index (χ2n) is 3.07. The highest BCUT2D eigenvalue weighted by Gasteiger charge is 2.25. The molecule has 0 atom stereocenters. The van der Waals surface area contributed by atoms with Crippen molar-refractivity contribution >= 4 is 15.9 Å². The number of aromatic nitrogens is 1. The first-order valence-corrected chi connectivity index (χ1v) is 4.69. The van der Waals surface area contributed by atoms with E-state index in [2.05, 4.69) is 27.0 Å². The zero-order valence-corrected chi connectivity index (χ0v) is 8.06. The molecule has 0 spiro atoms. The van der Waals surface area contributed by atoms with Crippen molar-refractivity contribution in [2.24, 2.45) is 0 Å². The van der Waals surface area contributed by atoms with Crippen LogP contribution in [0.2, 0.25) is 0 Å². The summed E-state index contributed by atoms with van der Waals surface area (Å²) >= 11 is 3.56. The van der Waals surface area contributed by atoms with Gasteiger partial charge in [-0.3, -0.25) is 4.98 Å². The lowest BCUT2D eigenvalue weighted by Crippen LogP contribution is -1.88. The summed E-state index contributed by atoms with van der Waals surface area (Å²) in [5, 5.41) is 0. The summed E-state index contributed by atoms with van der Waals surface area (Å²) in [5.41, 5.74) is 2.55. The predicted molar refractivity (Wildman–Crippen MR) is 48.6 cm³/mol. The van der Waals surface area contributed by atoms with Crippen LogP contribution in [0, 0.1) is 6.92 Å². The molecule has 0 amide bonds. The molecule has 2 rings (SSSR count). The largest absolute Gasteiger partial charge is 0.260 e. The van der Waals surface area contributed by atoms with Gasteiger partial charge in [-0.05, 0) is 53.2 Å². The molecule has 0 radical (unpaired) electrons. The third kappa shape index (κ3) is 1.32. The van der Waals surface area contributed by atoms with E-state index in [9.17, 15) is 0 Å². The number of aryl methyl sites for hydroxylation is 1. The van der Waals surface area contributed by atoms with Crippen molar-refractivity contribution in [2.45, 2.75) is 25.7 Å². The van der Waals surface area contributed by atoms with Crippen molar-refractivity contribution in [3.05, 3.63) is 28.0 Å². The quantitative estimate of drug-likeness (QED) is 0.697. The van der Waals surface area contributed by atoms with E-state index < -0.39 is 0 Å². The Morgan fingerprint density at radius 3 is 2.91 bits per heavy atom. The Balaban J connectivity index is 2.45. The zero-order valence-electron chi connectivity index (χ0n) is 6.47. The minimum Gasteiger partial charge on any atom is -0.260 e. The van der Waals surface area contributed by atoms with Crippen LogP contribution in [0.4, 0.5) is 0 Å². The van der Waals surface area contributed by atoms with Crippen molar-refractivity contribution in [1.82, 2.24) is 4.98 Å². The maximum absolute atomic E-state index is 4.20. The summed E-state index contributed by atoms with van der Waals surface area (Å²) in [5.74, 6) is 0.811. The molecule has 1 heterocycles. The van der Waals surface area contributed by atoms with Crippen LogP contribution in [-0.4, -0.2) is 4.98 Å². The molecule has 0 aromatic carbocycles. The van der Waals surface area contributed by atoms with Crippen LogP contribution in [0.15, 0.2) is 16.7 Å². The van der Waals surface area contributed by atoms with Gasteiger partial charge < -0.3 is 0 Å². The molecule has 1 nitrogen and oxygen atoms in total. The number of halogens is 1. The van der Waals surface area contributed by atoms with E-state index in [0.29, 0.717) is 0 Å². The Hall–Kier alpha value is -0.370. The number of hydrogen-bond acceptors (Lipinski definition) is 1. The molecule has 1 fully saturated rings. The maximum Gasteiger partial charge on any atom is 0.0517 e. The highest BCUT2D eigenvalue weighted by atomic mass is 79.9. The van der Waals surface area contributed by atoms with Crippen molar-refractivity contribution in [2.75, 3.05) is 0 Å². The fourth-order valence-corrected chi connectivity index (χ4v) is 1.84. The Labute approximate surface area is 75.0 Å². The molecule has 0 unspecified atom stereocenters. The van der Waals surface area contributed by atoms with E-state index in [1.54, 1.807) is 0 Å². The maximum atomic E-state index is 4.20. The van der Waals surface area contributed by atoms with Gasteiger partial charge >= 0.3 is 0 Å². The van der Waals surface area contributed by atoms with Crippen LogP contribution in [-0.2, 0) is 0 Å². The van der Waals surface area contributed by atoms with Crippen LogP contribution >= 0.6 is 15.9 Å². The highest BCUT2D eigenvalue weighted by Crippen LogP contribution is 2.43. The molecule has 11 heavy (non-hydrogen) atoms. The van der Waals surface area contributed by atoms with Crippen molar-refractivity contribution in [3.63, 3.8) is 0 Å². The van der Waals surface area contributed by atoms with Gasteiger partial charge in [0.1, 0.15) is 0 Å². The van der Waals surface area contributed by atoms with Crippen molar-refractivity contribution in [3.8, 4) is 0 Å². The van der Waals surface area contributed by atoms with Gasteiger partial charge in [0.2, 0.25) is 0 Å². The van der Waals surface area contributed by atoms with Crippen LogP contribution in [0.25, 0.3) is 0 Å². The van der Waals surface area contributed by atoms with Crippen molar-refractivity contribution < 1.29 is 0 Å². The molecule has 1 aliphatic carbocycles. The van der Waals surface area contributed by atoms with Crippen LogP contribution in [0.3, 0.4) is 0 Å². The van der Waals surface area contributed by atoms with Crippen LogP contribution in [0.1, 0.15) is 30.0 Å². The molecule has 1 aromatic rings. The number of hydrogen-bond donors (Lipinski definition) is 0. The summed E-state index contributed by atoms with van der Waals surface area (Å²) in [6, 6.07) is 2.12. The number of pyridine rings is 1. The second kappa shape index (κ2) is 2.59. The topological polar surface area (TPSA) is 12.9 Å². The average molecular weight is 212 g/mol. The van der Waals surface area contributed by atoms with E-state index in [1.165, 1.54) is 22.9 Å². The molecule has 0 N–H and O–H groups in total. The van der Waals surface area contributed by atoms with Gasteiger partial charge in [-0.15, -0.1) is 0 Å². The van der Waals surface area contributed by atoms with Gasteiger partial charge in [0.05, 0.1) is 5.69 Å². The molecule has 1 aliphatic rings. The first kappa shape index (κ1) is 7.29. The fourth-order valence-electron chi connectivity index (χ4n) is 1.28. The monoisotopic (exact) mass is 211 g/mol.